The number of methoxy groups -OCH3 is 1. The van der Waals surface area contributed by atoms with Crippen LogP contribution in [0.15, 0.2) is 22.4 Å². The van der Waals surface area contributed by atoms with Crippen LogP contribution in [0.5, 0.6) is 0 Å². The van der Waals surface area contributed by atoms with Crippen molar-refractivity contribution in [2.24, 2.45) is 0 Å². The Morgan fingerprint density at radius 3 is 2.76 bits per heavy atom. The van der Waals surface area contributed by atoms with Gasteiger partial charge >= 0.3 is 5.97 Å². The van der Waals surface area contributed by atoms with Gasteiger partial charge in [0.15, 0.2) is 0 Å². The van der Waals surface area contributed by atoms with Gasteiger partial charge in [0, 0.05) is 5.69 Å². The molecule has 0 aliphatic rings. The molecule has 0 unspecified atom stereocenters. The molecule has 0 aliphatic carbocycles. The van der Waals surface area contributed by atoms with Crippen molar-refractivity contribution in [3.63, 3.8) is 0 Å². The van der Waals surface area contributed by atoms with Crippen molar-refractivity contribution < 1.29 is 17.9 Å². The zero-order valence-electron chi connectivity index (χ0n) is 11.0. The molecule has 0 fully saturated rings. The number of aromatic nitrogens is 2. The second-order valence-corrected chi connectivity index (χ2v) is 6.82. The maximum atomic E-state index is 12.3. The van der Waals surface area contributed by atoms with Crippen molar-refractivity contribution in [3.8, 4) is 0 Å². The number of aryl methyl sites for hydroxylation is 1. The lowest BCUT2D eigenvalue weighted by molar-refractivity contribution is 0.0602. The smallest absolute Gasteiger partial charge is 0.349 e. The fourth-order valence-electron chi connectivity index (χ4n) is 1.50. The summed E-state index contributed by atoms with van der Waals surface area (Å²) in [6.07, 6.45) is 0. The van der Waals surface area contributed by atoms with Gasteiger partial charge in [-0.05, 0) is 24.4 Å². The largest absolute Gasteiger partial charge is 0.465 e. The van der Waals surface area contributed by atoms with E-state index in [2.05, 4.69) is 19.4 Å². The molecule has 0 aromatic carbocycles. The van der Waals surface area contributed by atoms with Crippen molar-refractivity contribution in [3.05, 3.63) is 33.2 Å². The summed E-state index contributed by atoms with van der Waals surface area (Å²) in [5.41, 5.74) is 0.506. The van der Waals surface area contributed by atoms with Gasteiger partial charge in [0.05, 0.1) is 7.11 Å². The number of ether oxygens (including phenoxy) is 1. The summed E-state index contributed by atoms with van der Waals surface area (Å²) < 4.78 is 31.3. The van der Waals surface area contributed by atoms with Crippen molar-refractivity contribution >= 4 is 44.9 Å². The highest BCUT2D eigenvalue weighted by Crippen LogP contribution is 2.24. The van der Waals surface area contributed by atoms with E-state index in [1.54, 1.807) is 6.92 Å². The topological polar surface area (TPSA) is 98.2 Å². The number of anilines is 1. The van der Waals surface area contributed by atoms with Gasteiger partial charge in [0.25, 0.3) is 10.0 Å². The van der Waals surface area contributed by atoms with Crippen molar-refractivity contribution in [2.45, 2.75) is 11.8 Å². The SMILES string of the molecule is COC(=O)c1sccc1S(=O)(=O)Nc1nc(C)cc(Cl)n1. The van der Waals surface area contributed by atoms with Crippen LogP contribution in [0.4, 0.5) is 5.95 Å². The number of nitrogens with one attached hydrogen (secondary N) is 1. The molecule has 0 atom stereocenters. The van der Waals surface area contributed by atoms with E-state index in [4.69, 9.17) is 11.6 Å². The highest BCUT2D eigenvalue weighted by molar-refractivity contribution is 7.93. The van der Waals surface area contributed by atoms with E-state index in [1.165, 1.54) is 24.6 Å². The molecule has 0 spiro atoms. The molecule has 2 rings (SSSR count). The summed E-state index contributed by atoms with van der Waals surface area (Å²) in [6.45, 7) is 1.65. The minimum Gasteiger partial charge on any atom is -0.465 e. The van der Waals surface area contributed by atoms with Gasteiger partial charge in [-0.25, -0.2) is 27.9 Å². The van der Waals surface area contributed by atoms with E-state index in [0.717, 1.165) is 11.3 Å². The molecule has 0 amide bonds. The molecule has 2 aromatic rings. The van der Waals surface area contributed by atoms with Crippen LogP contribution < -0.4 is 4.72 Å². The molecule has 1 N–H and O–H groups in total. The van der Waals surface area contributed by atoms with E-state index in [0.29, 0.717) is 5.69 Å². The van der Waals surface area contributed by atoms with Crippen LogP contribution in [0, 0.1) is 6.92 Å². The first kappa shape index (κ1) is 15.7. The first-order valence-electron chi connectivity index (χ1n) is 5.53. The molecule has 2 aromatic heterocycles. The van der Waals surface area contributed by atoms with Gasteiger partial charge in [-0.3, -0.25) is 0 Å². The number of nitrogens with zero attached hydrogens (tertiary/aromatic N) is 2. The number of rotatable bonds is 4. The summed E-state index contributed by atoms with van der Waals surface area (Å²) in [7, 11) is -2.84. The second kappa shape index (κ2) is 5.96. The second-order valence-electron chi connectivity index (χ2n) is 3.87. The molecule has 10 heteroatoms. The van der Waals surface area contributed by atoms with Gasteiger partial charge in [-0.1, -0.05) is 11.6 Å². The molecule has 7 nitrogen and oxygen atoms in total. The third kappa shape index (κ3) is 3.49. The number of carbonyl (C=O) groups excluding carboxylic acids is 1. The number of carbonyl (C=O) groups is 1. The van der Waals surface area contributed by atoms with Gasteiger partial charge < -0.3 is 4.74 Å². The molecule has 0 radical (unpaired) electrons. The minimum absolute atomic E-state index is 0.0243. The van der Waals surface area contributed by atoms with E-state index >= 15 is 0 Å². The normalized spacial score (nSPS) is 11.2. The molecular weight excluding hydrogens is 338 g/mol. The lowest BCUT2D eigenvalue weighted by atomic mass is 10.5. The van der Waals surface area contributed by atoms with E-state index in [-0.39, 0.29) is 20.9 Å². The Labute approximate surface area is 130 Å². The Kier molecular flexibility index (Phi) is 4.45. The predicted octanol–water partition coefficient (Wildman–Crippen LogP) is 2.09. The first-order valence-corrected chi connectivity index (χ1v) is 8.27. The molecule has 0 bridgehead atoms. The zero-order valence-corrected chi connectivity index (χ0v) is 13.3. The predicted molar refractivity (Wildman–Crippen MR) is 78.2 cm³/mol. The van der Waals surface area contributed by atoms with Crippen molar-refractivity contribution in [2.75, 3.05) is 11.8 Å². The minimum atomic E-state index is -4.01. The lowest BCUT2D eigenvalue weighted by Gasteiger charge is -2.07. The highest BCUT2D eigenvalue weighted by Gasteiger charge is 2.25. The summed E-state index contributed by atoms with van der Waals surface area (Å²) >= 11 is 6.72. The third-order valence-corrected chi connectivity index (χ3v) is 4.93. The Balaban J connectivity index is 2.39. The molecule has 0 aliphatic heterocycles. The Hall–Kier alpha value is -1.71. The number of thiophene rings is 1. The maximum absolute atomic E-state index is 12.3. The first-order chi connectivity index (χ1) is 9.83. The van der Waals surface area contributed by atoms with Gasteiger partial charge in [0.1, 0.15) is 14.9 Å². The zero-order chi connectivity index (χ0) is 15.6. The summed E-state index contributed by atoms with van der Waals surface area (Å²) in [6, 6.07) is 2.79. The lowest BCUT2D eigenvalue weighted by Crippen LogP contribution is -2.17. The summed E-state index contributed by atoms with van der Waals surface area (Å²) in [5, 5.41) is 1.59. The van der Waals surface area contributed by atoms with Crippen LogP contribution >= 0.6 is 22.9 Å². The average Bonchev–Trinajstić information content (AvgIpc) is 2.85. The van der Waals surface area contributed by atoms with Crippen LogP contribution in [0.3, 0.4) is 0 Å². The van der Waals surface area contributed by atoms with Gasteiger partial charge in [-0.15, -0.1) is 11.3 Å². The fourth-order valence-corrected chi connectivity index (χ4v) is 4.02. The number of halogens is 1. The third-order valence-electron chi connectivity index (χ3n) is 2.34. The summed E-state index contributed by atoms with van der Waals surface area (Å²) in [4.78, 5) is 19.0. The maximum Gasteiger partial charge on any atom is 0.349 e. The quantitative estimate of drug-likeness (QED) is 0.671. The molecular formula is C11H10ClN3O4S2. The standard InChI is InChI=1S/C11H10ClN3O4S2/c1-6-5-8(12)14-11(13-6)15-21(17,18)7-3-4-20-9(7)10(16)19-2/h3-5H,1-2H3,(H,13,14,15). The summed E-state index contributed by atoms with van der Waals surface area (Å²) in [5.74, 6) is -0.893. The van der Waals surface area contributed by atoms with Crippen molar-refractivity contribution in [1.82, 2.24) is 9.97 Å². The number of hydrogen-bond acceptors (Lipinski definition) is 7. The van der Waals surface area contributed by atoms with Crippen LogP contribution in [0.25, 0.3) is 0 Å². The van der Waals surface area contributed by atoms with E-state index in [9.17, 15) is 13.2 Å². The van der Waals surface area contributed by atoms with E-state index < -0.39 is 16.0 Å². The van der Waals surface area contributed by atoms with Crippen LogP contribution in [-0.2, 0) is 14.8 Å². The van der Waals surface area contributed by atoms with Gasteiger partial charge in [-0.2, -0.15) is 0 Å². The molecule has 0 saturated heterocycles. The van der Waals surface area contributed by atoms with Crippen LogP contribution in [-0.4, -0.2) is 31.5 Å². The average molecular weight is 348 g/mol. The molecule has 0 saturated carbocycles. The van der Waals surface area contributed by atoms with E-state index in [1.807, 2.05) is 0 Å². The molecule has 112 valence electrons. The van der Waals surface area contributed by atoms with Crippen LogP contribution in [0.1, 0.15) is 15.4 Å². The Morgan fingerprint density at radius 1 is 1.43 bits per heavy atom. The van der Waals surface area contributed by atoms with Crippen LogP contribution in [0.2, 0.25) is 5.15 Å². The Bertz CT molecular complexity index is 768. The van der Waals surface area contributed by atoms with Crippen molar-refractivity contribution in [1.29, 1.82) is 0 Å². The fraction of sp³-hybridized carbons (Fsp3) is 0.182. The number of esters is 1. The highest BCUT2D eigenvalue weighted by atomic mass is 35.5. The molecule has 2 heterocycles. The number of sulfonamides is 1. The Morgan fingerprint density at radius 2 is 2.14 bits per heavy atom. The number of hydrogen-bond donors (Lipinski definition) is 1. The molecule has 21 heavy (non-hydrogen) atoms. The monoisotopic (exact) mass is 347 g/mol. The van der Waals surface area contributed by atoms with Gasteiger partial charge in [0.2, 0.25) is 5.95 Å².